The summed E-state index contributed by atoms with van der Waals surface area (Å²) in [6.07, 6.45) is 38.0. The van der Waals surface area contributed by atoms with Crippen LogP contribution in [0.4, 0.5) is 17.1 Å². The maximum atomic E-state index is 4.32. The molecule has 0 bridgehead atoms. The number of allylic oxidation sites excluding steroid dienone is 18. The number of nitrogens with zero attached hydrogens (tertiary/aromatic N) is 2. The van der Waals surface area contributed by atoms with E-state index in [1.54, 1.807) is 6.08 Å². The highest BCUT2D eigenvalue weighted by molar-refractivity contribution is 5.96. The Kier molecular flexibility index (Phi) is 12.2. The monoisotopic (exact) mass is 862 g/mol. The van der Waals surface area contributed by atoms with Crippen molar-refractivity contribution in [1.82, 2.24) is 0 Å². The predicted molar refractivity (Wildman–Crippen MR) is 286 cm³/mol. The Morgan fingerprint density at radius 2 is 1.25 bits per heavy atom. The topological polar surface area (TPSA) is 6.48 Å². The molecule has 4 aliphatic carbocycles. The first-order valence-electron chi connectivity index (χ1n) is 23.3. The highest BCUT2D eigenvalue weighted by Gasteiger charge is 2.50. The van der Waals surface area contributed by atoms with Crippen LogP contribution >= 0.6 is 0 Å². The van der Waals surface area contributed by atoms with Crippen molar-refractivity contribution in [2.75, 3.05) is 9.80 Å². The van der Waals surface area contributed by atoms with Crippen LogP contribution in [0.3, 0.4) is 0 Å². The number of hydrogen-bond acceptors (Lipinski definition) is 2. The second-order valence-corrected chi connectivity index (χ2v) is 17.3. The molecule has 67 heavy (non-hydrogen) atoms. The average Bonchev–Trinajstić information content (AvgIpc) is 3.68. The van der Waals surface area contributed by atoms with E-state index in [2.05, 4.69) is 248 Å². The summed E-state index contributed by atoms with van der Waals surface area (Å²) in [7, 11) is 0. The van der Waals surface area contributed by atoms with Crippen molar-refractivity contribution in [1.29, 1.82) is 0 Å². The molecule has 2 nitrogen and oxygen atoms in total. The van der Waals surface area contributed by atoms with Gasteiger partial charge in [-0.1, -0.05) is 226 Å². The Labute approximate surface area is 397 Å². The summed E-state index contributed by atoms with van der Waals surface area (Å²) in [5.74, 6) is 0.403. The molecule has 6 aromatic rings. The molecule has 324 valence electrons. The van der Waals surface area contributed by atoms with Gasteiger partial charge in [-0.2, -0.15) is 0 Å². The smallest absolute Gasteiger partial charge is 0.0599 e. The van der Waals surface area contributed by atoms with Crippen molar-refractivity contribution in [3.05, 3.63) is 319 Å². The number of rotatable bonds is 14. The second kappa shape index (κ2) is 19.1. The zero-order valence-corrected chi connectivity index (χ0v) is 37.8. The van der Waals surface area contributed by atoms with Crippen LogP contribution in [0.2, 0.25) is 0 Å². The van der Waals surface area contributed by atoms with Gasteiger partial charge in [-0.3, -0.25) is 0 Å². The van der Waals surface area contributed by atoms with E-state index >= 15 is 0 Å². The third kappa shape index (κ3) is 7.81. The fourth-order valence-electron chi connectivity index (χ4n) is 10.7. The van der Waals surface area contributed by atoms with Crippen molar-refractivity contribution in [3.8, 4) is 11.1 Å². The summed E-state index contributed by atoms with van der Waals surface area (Å²) in [5.41, 5.74) is 17.3. The molecule has 0 saturated heterocycles. The molecule has 4 aliphatic rings. The Hall–Kier alpha value is -8.20. The number of hydrogen-bond donors (Lipinski definition) is 0. The van der Waals surface area contributed by atoms with E-state index in [1.807, 2.05) is 30.4 Å². The first-order chi connectivity index (χ1) is 33.1. The van der Waals surface area contributed by atoms with Gasteiger partial charge in [0.15, 0.2) is 0 Å². The molecule has 0 aromatic heterocycles. The highest BCUT2D eigenvalue weighted by atomic mass is 15.2. The molecule has 2 heteroatoms. The molecule has 0 N–H and O–H groups in total. The number of para-hydroxylation sites is 1. The first kappa shape index (κ1) is 42.7. The lowest BCUT2D eigenvalue weighted by Crippen LogP contribution is -2.36. The van der Waals surface area contributed by atoms with Gasteiger partial charge in [-0.25, -0.2) is 0 Å². The van der Waals surface area contributed by atoms with Crippen LogP contribution in [0.15, 0.2) is 286 Å². The number of fused-ring (bicyclic) bond motifs is 5. The van der Waals surface area contributed by atoms with Crippen LogP contribution < -0.4 is 9.80 Å². The fraction of sp³-hybridized carbons (Fsp3) is 0.0769. The molecule has 0 amide bonds. The lowest BCUT2D eigenvalue weighted by Gasteiger charge is -2.41. The molecule has 0 spiro atoms. The van der Waals surface area contributed by atoms with Gasteiger partial charge < -0.3 is 9.80 Å². The number of benzene rings is 6. The van der Waals surface area contributed by atoms with Crippen LogP contribution in [0.5, 0.6) is 0 Å². The van der Waals surface area contributed by atoms with Gasteiger partial charge in [0.05, 0.1) is 16.8 Å². The molecule has 0 heterocycles. The Balaban J connectivity index is 1.25. The Morgan fingerprint density at radius 3 is 1.97 bits per heavy atom. The minimum absolute atomic E-state index is 0.117. The minimum atomic E-state index is -0.557. The van der Waals surface area contributed by atoms with Crippen molar-refractivity contribution in [3.63, 3.8) is 0 Å². The van der Waals surface area contributed by atoms with Crippen LogP contribution in [0.25, 0.3) is 22.5 Å². The van der Waals surface area contributed by atoms with E-state index in [9.17, 15) is 0 Å². The molecule has 0 fully saturated rings. The maximum Gasteiger partial charge on any atom is 0.0599 e. The van der Waals surface area contributed by atoms with Gasteiger partial charge in [-0.15, -0.1) is 0 Å². The van der Waals surface area contributed by atoms with E-state index < -0.39 is 5.41 Å². The Morgan fingerprint density at radius 1 is 0.582 bits per heavy atom. The molecule has 0 saturated carbocycles. The lowest BCUT2D eigenvalue weighted by molar-refractivity contribution is 0.457. The van der Waals surface area contributed by atoms with Gasteiger partial charge in [0.1, 0.15) is 0 Å². The Bertz CT molecular complexity index is 3130. The van der Waals surface area contributed by atoms with Crippen LogP contribution in [0, 0.1) is 11.8 Å². The molecule has 3 unspecified atom stereocenters. The molecule has 10 rings (SSSR count). The largest absolute Gasteiger partial charge is 0.316 e. The van der Waals surface area contributed by atoms with E-state index in [0.717, 1.165) is 46.7 Å². The zero-order chi connectivity index (χ0) is 45.6. The quantitative estimate of drug-likeness (QED) is 0.101. The summed E-state index contributed by atoms with van der Waals surface area (Å²) in [4.78, 5) is 4.83. The summed E-state index contributed by atoms with van der Waals surface area (Å²) in [6.45, 7) is 12.2. The predicted octanol–water partition coefficient (Wildman–Crippen LogP) is 16.4. The highest BCUT2D eigenvalue weighted by Crippen LogP contribution is 2.60. The molecule has 3 atom stereocenters. The molecule has 6 aromatic carbocycles. The fourth-order valence-corrected chi connectivity index (χ4v) is 10.7. The van der Waals surface area contributed by atoms with Crippen LogP contribution in [0.1, 0.15) is 39.8 Å². The lowest BCUT2D eigenvalue weighted by atomic mass is 9.62. The summed E-state index contributed by atoms with van der Waals surface area (Å²) < 4.78 is 0. The van der Waals surface area contributed by atoms with Gasteiger partial charge in [0.2, 0.25) is 0 Å². The van der Waals surface area contributed by atoms with E-state index in [-0.39, 0.29) is 11.8 Å². The van der Waals surface area contributed by atoms with Gasteiger partial charge in [0, 0.05) is 34.7 Å². The average molecular weight is 863 g/mol. The minimum Gasteiger partial charge on any atom is -0.316 e. The SMILES string of the molecule is C=C/C=C\C=C\N(/C(=C(C=C)\C=C/C=C)c1ccccc1)c1ccc2c(c1)C(c1ccccc1)(C1C=CC=CC1)c1cc(N(C3=C4C=CC=CC4Cc4ccccc43)c3ccccc3)ccc1-2. The van der Waals surface area contributed by atoms with Crippen molar-refractivity contribution >= 4 is 28.5 Å². The number of anilines is 3. The van der Waals surface area contributed by atoms with Crippen LogP contribution in [-0.4, -0.2) is 0 Å². The first-order valence-corrected chi connectivity index (χ1v) is 23.3. The van der Waals surface area contributed by atoms with Gasteiger partial charge in [-0.05, 0) is 111 Å². The third-order valence-electron chi connectivity index (χ3n) is 13.6. The van der Waals surface area contributed by atoms with Crippen molar-refractivity contribution in [2.24, 2.45) is 11.8 Å². The standard InChI is InChI=1S/C65H54N2/c1-4-7-9-26-44-66(63(48(6-3)27-8-5-2)49-28-14-10-15-29-49)55-40-42-59-60-43-41-56(47-62(60)65(61(59)46-55,52-32-16-11-17-33-52)53-34-18-12-19-35-53)67(54-36-20-13-21-37-54)64-57-38-24-22-30-50(57)45-51-31-23-25-39-58(51)64/h4-34,36-44,46-47,50,53H,1-3,35,45H2/b9-7-,27-8-,44-26+,63-48-. The van der Waals surface area contributed by atoms with Crippen LogP contribution in [-0.2, 0) is 11.8 Å². The summed E-state index contributed by atoms with van der Waals surface area (Å²) >= 11 is 0. The third-order valence-corrected chi connectivity index (χ3v) is 13.6. The molecule has 0 radical (unpaired) electrons. The molecular weight excluding hydrogens is 809 g/mol. The van der Waals surface area contributed by atoms with Gasteiger partial charge >= 0.3 is 0 Å². The maximum absolute atomic E-state index is 4.32. The van der Waals surface area contributed by atoms with Gasteiger partial charge in [0.25, 0.3) is 0 Å². The summed E-state index contributed by atoms with van der Waals surface area (Å²) in [6, 6.07) is 56.1. The second-order valence-electron chi connectivity index (χ2n) is 17.3. The normalized spacial score (nSPS) is 19.2. The van der Waals surface area contributed by atoms with Crippen molar-refractivity contribution in [2.45, 2.75) is 18.3 Å². The zero-order valence-electron chi connectivity index (χ0n) is 37.8. The van der Waals surface area contributed by atoms with E-state index in [4.69, 9.17) is 0 Å². The van der Waals surface area contributed by atoms with Crippen molar-refractivity contribution < 1.29 is 0 Å². The molecular formula is C65H54N2. The molecule has 0 aliphatic heterocycles. The van der Waals surface area contributed by atoms with E-state index in [1.165, 1.54) is 50.2 Å². The van der Waals surface area contributed by atoms with E-state index in [0.29, 0.717) is 0 Å². The summed E-state index contributed by atoms with van der Waals surface area (Å²) in [5, 5.41) is 0.